The van der Waals surface area contributed by atoms with Crippen LogP contribution in [0.4, 0.5) is 0 Å². The number of carbonyl (C=O) groups excluding carboxylic acids is 2. The summed E-state index contributed by atoms with van der Waals surface area (Å²) in [5.74, 6) is -0.236. The molecule has 0 bridgehead atoms. The number of aryl methyl sites for hydroxylation is 1. The van der Waals surface area contributed by atoms with E-state index in [4.69, 9.17) is 4.74 Å². The topological polar surface area (TPSA) is 88.9 Å². The number of benzene rings is 1. The lowest BCUT2D eigenvalue weighted by atomic mass is 10.1. The molecular weight excluding hydrogens is 394 g/mol. The number of nitrogens with one attached hydrogen (secondary N) is 2. The molecule has 2 amide bonds. The Kier molecular flexibility index (Phi) is 8.93. The average molecular weight is 427 g/mol. The summed E-state index contributed by atoms with van der Waals surface area (Å²) in [6.07, 6.45) is 4.15. The van der Waals surface area contributed by atoms with E-state index in [1.807, 2.05) is 37.3 Å². The summed E-state index contributed by atoms with van der Waals surface area (Å²) in [6, 6.07) is 10.0. The number of quaternary nitrogens is 1. The van der Waals surface area contributed by atoms with Crippen molar-refractivity contribution in [3.63, 3.8) is 0 Å². The van der Waals surface area contributed by atoms with Gasteiger partial charge in [0.05, 0.1) is 38.2 Å². The van der Waals surface area contributed by atoms with Gasteiger partial charge in [0.15, 0.2) is 0 Å². The minimum absolute atomic E-state index is 0.0533. The van der Waals surface area contributed by atoms with Crippen molar-refractivity contribution in [2.24, 2.45) is 0 Å². The summed E-state index contributed by atoms with van der Waals surface area (Å²) in [7, 11) is 0. The first-order valence-corrected chi connectivity index (χ1v) is 10.9. The van der Waals surface area contributed by atoms with Crippen LogP contribution in [0.5, 0.6) is 0 Å². The van der Waals surface area contributed by atoms with Gasteiger partial charge < -0.3 is 19.9 Å². The van der Waals surface area contributed by atoms with Crippen molar-refractivity contribution >= 4 is 11.8 Å². The van der Waals surface area contributed by atoms with Crippen LogP contribution in [0.3, 0.4) is 0 Å². The van der Waals surface area contributed by atoms with Gasteiger partial charge in [0.1, 0.15) is 18.8 Å². The Morgan fingerprint density at radius 3 is 2.58 bits per heavy atom. The predicted octanol–water partition coefficient (Wildman–Crippen LogP) is -0.109. The molecule has 2 aromatic rings. The van der Waals surface area contributed by atoms with E-state index in [1.54, 1.807) is 11.1 Å². The molecule has 0 spiro atoms. The van der Waals surface area contributed by atoms with Crippen molar-refractivity contribution < 1.29 is 19.2 Å². The second-order valence-corrected chi connectivity index (χ2v) is 7.78. The van der Waals surface area contributed by atoms with Gasteiger partial charge in [0, 0.05) is 25.7 Å². The Hall–Kier alpha value is -2.84. The van der Waals surface area contributed by atoms with Crippen LogP contribution in [0.25, 0.3) is 0 Å². The van der Waals surface area contributed by atoms with Crippen LogP contribution in [-0.2, 0) is 16.0 Å². The van der Waals surface area contributed by atoms with Gasteiger partial charge in [-0.15, -0.1) is 0 Å². The number of hydrogen-bond donors (Lipinski definition) is 2. The van der Waals surface area contributed by atoms with E-state index in [0.29, 0.717) is 25.3 Å². The Labute approximate surface area is 183 Å². The maximum Gasteiger partial charge on any atom is 0.274 e. The second-order valence-electron chi connectivity index (χ2n) is 7.78. The molecule has 0 atom stereocenters. The summed E-state index contributed by atoms with van der Waals surface area (Å²) in [5, 5.41) is 2.95. The number of amides is 2. The molecule has 1 aliphatic rings. The first-order valence-electron chi connectivity index (χ1n) is 10.9. The van der Waals surface area contributed by atoms with Gasteiger partial charge in [0.25, 0.3) is 5.91 Å². The lowest BCUT2D eigenvalue weighted by molar-refractivity contribution is -0.907. The molecule has 166 valence electrons. The number of rotatable bonds is 10. The average Bonchev–Trinajstić information content (AvgIpc) is 2.80. The Balaban J connectivity index is 1.51. The molecule has 3 rings (SSSR count). The van der Waals surface area contributed by atoms with Gasteiger partial charge in [-0.1, -0.05) is 30.3 Å². The van der Waals surface area contributed by atoms with Crippen LogP contribution in [0.2, 0.25) is 0 Å². The van der Waals surface area contributed by atoms with Crippen molar-refractivity contribution in [1.82, 2.24) is 20.2 Å². The highest BCUT2D eigenvalue weighted by molar-refractivity contribution is 5.92. The van der Waals surface area contributed by atoms with Crippen LogP contribution in [0, 0.1) is 6.92 Å². The fourth-order valence-corrected chi connectivity index (χ4v) is 3.50. The van der Waals surface area contributed by atoms with Gasteiger partial charge in [0.2, 0.25) is 5.91 Å². The van der Waals surface area contributed by atoms with Crippen LogP contribution >= 0.6 is 0 Å². The molecule has 0 radical (unpaired) electrons. The Morgan fingerprint density at radius 1 is 1.10 bits per heavy atom. The van der Waals surface area contributed by atoms with Gasteiger partial charge >= 0.3 is 0 Å². The maximum atomic E-state index is 13.0. The highest BCUT2D eigenvalue weighted by atomic mass is 16.5. The van der Waals surface area contributed by atoms with Crippen LogP contribution in [0.15, 0.2) is 42.7 Å². The minimum atomic E-state index is -0.183. The highest BCUT2D eigenvalue weighted by Crippen LogP contribution is 2.03. The molecular formula is C23H32N5O3+. The summed E-state index contributed by atoms with van der Waals surface area (Å²) in [4.78, 5) is 36.9. The van der Waals surface area contributed by atoms with Crippen molar-refractivity contribution in [1.29, 1.82) is 0 Å². The Bertz CT molecular complexity index is 823. The van der Waals surface area contributed by atoms with Gasteiger partial charge in [-0.3, -0.25) is 14.6 Å². The SMILES string of the molecule is Cc1cnc(C(=O)N(CCC(=O)NCCc2ccccc2)CC[NH+]2CCOCC2)cn1. The first-order chi connectivity index (χ1) is 15.1. The molecule has 1 aliphatic heterocycles. The third-order valence-electron chi connectivity index (χ3n) is 5.41. The quantitative estimate of drug-likeness (QED) is 0.554. The zero-order valence-electron chi connectivity index (χ0n) is 18.2. The van der Waals surface area contributed by atoms with E-state index in [2.05, 4.69) is 15.3 Å². The standard InChI is InChI=1S/C23H31N5O3/c1-19-17-26-21(18-25-19)23(30)28(12-11-27-13-15-31-16-14-27)10-8-22(29)24-9-7-20-5-3-2-4-6-20/h2-6,17-18H,7-16H2,1H3,(H,24,29)/p+1. The predicted molar refractivity (Wildman–Crippen MR) is 117 cm³/mol. The molecule has 0 unspecified atom stereocenters. The van der Waals surface area contributed by atoms with Crippen molar-refractivity contribution in [2.75, 3.05) is 52.5 Å². The number of hydrogen-bond acceptors (Lipinski definition) is 5. The molecule has 2 heterocycles. The lowest BCUT2D eigenvalue weighted by Gasteiger charge is -2.27. The van der Waals surface area contributed by atoms with Crippen molar-refractivity contribution in [3.05, 3.63) is 59.7 Å². The van der Waals surface area contributed by atoms with Gasteiger partial charge in [-0.2, -0.15) is 0 Å². The monoisotopic (exact) mass is 426 g/mol. The molecule has 1 aromatic heterocycles. The van der Waals surface area contributed by atoms with Crippen LogP contribution < -0.4 is 10.2 Å². The van der Waals surface area contributed by atoms with Crippen LogP contribution in [0.1, 0.15) is 28.2 Å². The maximum absolute atomic E-state index is 13.0. The van der Waals surface area contributed by atoms with Crippen LogP contribution in [-0.4, -0.2) is 79.2 Å². The summed E-state index contributed by atoms with van der Waals surface area (Å²) in [5.41, 5.74) is 2.26. The first kappa shape index (κ1) is 22.8. The Morgan fingerprint density at radius 2 is 1.87 bits per heavy atom. The number of carbonyl (C=O) groups is 2. The highest BCUT2D eigenvalue weighted by Gasteiger charge is 2.21. The zero-order chi connectivity index (χ0) is 21.9. The van der Waals surface area contributed by atoms with Gasteiger partial charge in [-0.25, -0.2) is 4.98 Å². The molecule has 8 nitrogen and oxygen atoms in total. The molecule has 0 saturated carbocycles. The molecule has 2 N–H and O–H groups in total. The number of ether oxygens (including phenoxy) is 1. The fraction of sp³-hybridized carbons (Fsp3) is 0.478. The molecule has 0 aliphatic carbocycles. The number of nitrogens with zero attached hydrogens (tertiary/aromatic N) is 3. The zero-order valence-corrected chi connectivity index (χ0v) is 18.2. The molecule has 1 saturated heterocycles. The van der Waals surface area contributed by atoms with Gasteiger partial charge in [-0.05, 0) is 18.9 Å². The van der Waals surface area contributed by atoms with Crippen molar-refractivity contribution in [3.8, 4) is 0 Å². The molecule has 8 heteroatoms. The third-order valence-corrected chi connectivity index (χ3v) is 5.41. The molecule has 31 heavy (non-hydrogen) atoms. The number of aromatic nitrogens is 2. The second kappa shape index (κ2) is 12.1. The molecule has 1 aromatic carbocycles. The van der Waals surface area contributed by atoms with Crippen molar-refractivity contribution in [2.45, 2.75) is 19.8 Å². The largest absolute Gasteiger partial charge is 0.370 e. The summed E-state index contributed by atoms with van der Waals surface area (Å²) in [6.45, 7) is 7.53. The number of morpholine rings is 1. The van der Waals surface area contributed by atoms with E-state index in [0.717, 1.165) is 45.0 Å². The fourth-order valence-electron chi connectivity index (χ4n) is 3.50. The summed E-state index contributed by atoms with van der Waals surface area (Å²) < 4.78 is 5.41. The van der Waals surface area contributed by atoms with E-state index in [1.165, 1.54) is 16.7 Å². The van der Waals surface area contributed by atoms with E-state index >= 15 is 0 Å². The minimum Gasteiger partial charge on any atom is -0.370 e. The summed E-state index contributed by atoms with van der Waals surface area (Å²) >= 11 is 0. The third kappa shape index (κ3) is 7.73. The van der Waals surface area contributed by atoms with E-state index in [-0.39, 0.29) is 18.2 Å². The molecule has 1 fully saturated rings. The smallest absolute Gasteiger partial charge is 0.274 e. The van der Waals surface area contributed by atoms with E-state index < -0.39 is 0 Å². The van der Waals surface area contributed by atoms with E-state index in [9.17, 15) is 9.59 Å². The lowest BCUT2D eigenvalue weighted by Crippen LogP contribution is -3.14. The normalized spacial score (nSPS) is 14.2.